The molecule has 0 aromatic rings. The van der Waals surface area contributed by atoms with Gasteiger partial charge >= 0.3 is 11.9 Å². The predicted octanol–water partition coefficient (Wildman–Crippen LogP) is 0.926. The number of carbonyl (C=O) groups is 2. The van der Waals surface area contributed by atoms with Crippen LogP contribution in [-0.4, -0.2) is 29.2 Å². The largest absolute Gasteiger partial charge is 0.489 e. The van der Waals surface area contributed by atoms with Gasteiger partial charge in [0.1, 0.15) is 0 Å². The van der Waals surface area contributed by atoms with Crippen LogP contribution in [0, 0.1) is 5.92 Å². The predicted molar refractivity (Wildman–Crippen MR) is 55.7 cm³/mol. The van der Waals surface area contributed by atoms with E-state index in [2.05, 4.69) is 0 Å². The second kappa shape index (κ2) is 3.03. The van der Waals surface area contributed by atoms with Gasteiger partial charge in [-0.2, -0.15) is 0 Å². The lowest BCUT2D eigenvalue weighted by Crippen LogP contribution is -2.47. The Hall–Kier alpha value is -1.52. The quantitative estimate of drug-likeness (QED) is 0.669. The van der Waals surface area contributed by atoms with Crippen molar-refractivity contribution in [2.75, 3.05) is 0 Å². The van der Waals surface area contributed by atoms with E-state index in [0.717, 1.165) is 6.42 Å². The van der Waals surface area contributed by atoms with Gasteiger partial charge in [0.15, 0.2) is 17.3 Å². The number of carbonyl (C=O) groups excluding carboxylic acids is 2. The number of hydrogen-bond donors (Lipinski definition) is 0. The first-order valence-electron chi connectivity index (χ1n) is 5.71. The Balaban J connectivity index is 1.87. The van der Waals surface area contributed by atoms with Crippen molar-refractivity contribution >= 4 is 11.9 Å². The molecule has 5 heteroatoms. The first kappa shape index (κ1) is 10.6. The van der Waals surface area contributed by atoms with Gasteiger partial charge in [-0.15, -0.1) is 0 Å². The molecule has 4 atom stereocenters. The van der Waals surface area contributed by atoms with Gasteiger partial charge in [-0.05, 0) is 12.5 Å². The second-order valence-electron chi connectivity index (χ2n) is 5.02. The van der Waals surface area contributed by atoms with Crippen LogP contribution in [0.2, 0.25) is 0 Å². The Morgan fingerprint density at radius 3 is 2.59 bits per heavy atom. The maximum absolute atomic E-state index is 11.2. The first-order valence-corrected chi connectivity index (χ1v) is 5.71. The minimum Gasteiger partial charge on any atom is -0.489 e. The fourth-order valence-electron chi connectivity index (χ4n) is 3.26. The fourth-order valence-corrected chi connectivity index (χ4v) is 3.26. The zero-order valence-corrected chi connectivity index (χ0v) is 9.76. The van der Waals surface area contributed by atoms with Crippen molar-refractivity contribution in [3.63, 3.8) is 0 Å². The van der Waals surface area contributed by atoms with E-state index in [0.29, 0.717) is 6.42 Å². The highest BCUT2D eigenvalue weighted by atomic mass is 16.6. The van der Waals surface area contributed by atoms with Crippen molar-refractivity contribution in [1.29, 1.82) is 0 Å². The van der Waals surface area contributed by atoms with Crippen molar-refractivity contribution in [3.05, 3.63) is 12.3 Å². The summed E-state index contributed by atoms with van der Waals surface area (Å²) in [4.78, 5) is 22.3. The number of hydrogen-bond acceptors (Lipinski definition) is 5. The molecule has 5 nitrogen and oxygen atoms in total. The average Bonchev–Trinajstić information content (AvgIpc) is 2.60. The molecule has 0 saturated heterocycles. The summed E-state index contributed by atoms with van der Waals surface area (Å²) in [5.74, 6) is -0.424. The summed E-state index contributed by atoms with van der Waals surface area (Å²) in [6, 6.07) is 0. The van der Waals surface area contributed by atoms with E-state index in [4.69, 9.17) is 14.2 Å². The SMILES string of the molecule is CC(=O)O[C@]12C[C@H]1C[C@]1(OC(C)=O)C=CO[C@H]21. The maximum Gasteiger partial charge on any atom is 0.303 e. The molecular weight excluding hydrogens is 224 g/mol. The number of ether oxygens (including phenoxy) is 3. The van der Waals surface area contributed by atoms with E-state index in [1.807, 2.05) is 0 Å². The zero-order valence-electron chi connectivity index (χ0n) is 9.76. The van der Waals surface area contributed by atoms with Gasteiger partial charge in [-0.25, -0.2) is 0 Å². The molecule has 17 heavy (non-hydrogen) atoms. The summed E-state index contributed by atoms with van der Waals surface area (Å²) >= 11 is 0. The molecule has 2 aliphatic carbocycles. The summed E-state index contributed by atoms with van der Waals surface area (Å²) in [5, 5.41) is 0. The summed E-state index contributed by atoms with van der Waals surface area (Å²) in [7, 11) is 0. The summed E-state index contributed by atoms with van der Waals surface area (Å²) in [5.41, 5.74) is -1.31. The average molecular weight is 238 g/mol. The highest BCUT2D eigenvalue weighted by molar-refractivity contribution is 5.69. The van der Waals surface area contributed by atoms with Crippen LogP contribution in [-0.2, 0) is 23.8 Å². The van der Waals surface area contributed by atoms with Crippen LogP contribution < -0.4 is 0 Å². The Labute approximate surface area is 98.7 Å². The van der Waals surface area contributed by atoms with Gasteiger partial charge < -0.3 is 14.2 Å². The standard InChI is InChI=1S/C12H14O5/c1-7(13)16-11-3-4-15-10(11)12(17-8(2)14)6-9(12)5-11/h3-4,9-10H,5-6H2,1-2H3/t9-,10+,11-,12-/m1/s1. The number of esters is 2. The van der Waals surface area contributed by atoms with Crippen LogP contribution >= 0.6 is 0 Å². The number of rotatable bonds is 2. The molecular formula is C12H14O5. The van der Waals surface area contributed by atoms with E-state index >= 15 is 0 Å². The lowest BCUT2D eigenvalue weighted by molar-refractivity contribution is -0.171. The van der Waals surface area contributed by atoms with Crippen molar-refractivity contribution in [2.24, 2.45) is 5.92 Å². The van der Waals surface area contributed by atoms with Crippen molar-refractivity contribution in [3.8, 4) is 0 Å². The van der Waals surface area contributed by atoms with Crippen molar-refractivity contribution < 1.29 is 23.8 Å². The van der Waals surface area contributed by atoms with Gasteiger partial charge in [-0.3, -0.25) is 9.59 Å². The number of fused-ring (bicyclic) bond motifs is 3. The van der Waals surface area contributed by atoms with Gasteiger partial charge in [0, 0.05) is 26.2 Å². The third-order valence-corrected chi connectivity index (χ3v) is 3.78. The third-order valence-electron chi connectivity index (χ3n) is 3.78. The van der Waals surface area contributed by atoms with E-state index in [9.17, 15) is 9.59 Å². The summed E-state index contributed by atoms with van der Waals surface area (Å²) in [6.45, 7) is 2.76. The van der Waals surface area contributed by atoms with E-state index < -0.39 is 11.2 Å². The van der Waals surface area contributed by atoms with Gasteiger partial charge in [-0.1, -0.05) is 0 Å². The third kappa shape index (κ3) is 1.31. The molecule has 1 heterocycles. The lowest BCUT2D eigenvalue weighted by Gasteiger charge is -2.31. The van der Waals surface area contributed by atoms with Crippen LogP contribution in [0.15, 0.2) is 12.3 Å². The second-order valence-corrected chi connectivity index (χ2v) is 5.02. The zero-order chi connectivity index (χ0) is 12.3. The monoisotopic (exact) mass is 238 g/mol. The van der Waals surface area contributed by atoms with Crippen LogP contribution in [0.3, 0.4) is 0 Å². The van der Waals surface area contributed by atoms with Crippen LogP contribution in [0.4, 0.5) is 0 Å². The molecule has 0 spiro atoms. The molecule has 0 bridgehead atoms. The molecule has 0 N–H and O–H groups in total. The van der Waals surface area contributed by atoms with Crippen LogP contribution in [0.25, 0.3) is 0 Å². The van der Waals surface area contributed by atoms with E-state index in [1.165, 1.54) is 20.1 Å². The first-order chi connectivity index (χ1) is 7.98. The molecule has 3 rings (SSSR count). The Morgan fingerprint density at radius 1 is 1.24 bits per heavy atom. The lowest BCUT2D eigenvalue weighted by atomic mass is 9.95. The van der Waals surface area contributed by atoms with E-state index in [1.54, 1.807) is 6.08 Å². The van der Waals surface area contributed by atoms with Crippen LogP contribution in [0.1, 0.15) is 26.7 Å². The minimum absolute atomic E-state index is 0.237. The molecule has 0 aromatic heterocycles. The molecule has 0 unspecified atom stereocenters. The molecule has 0 amide bonds. The van der Waals surface area contributed by atoms with E-state index in [-0.39, 0.29) is 24.0 Å². The molecule has 1 aliphatic heterocycles. The van der Waals surface area contributed by atoms with Gasteiger partial charge in [0.2, 0.25) is 0 Å². The molecule has 3 aliphatic rings. The van der Waals surface area contributed by atoms with Gasteiger partial charge in [0.25, 0.3) is 0 Å². The normalized spacial score (nSPS) is 44.6. The Bertz CT molecular complexity index is 429. The topological polar surface area (TPSA) is 61.8 Å². The maximum atomic E-state index is 11.2. The summed E-state index contributed by atoms with van der Waals surface area (Å²) < 4.78 is 16.3. The van der Waals surface area contributed by atoms with Crippen LogP contribution in [0.5, 0.6) is 0 Å². The summed E-state index contributed by atoms with van der Waals surface area (Å²) in [6.07, 6.45) is 4.38. The smallest absolute Gasteiger partial charge is 0.303 e. The molecule has 0 radical (unpaired) electrons. The minimum atomic E-state index is -0.732. The van der Waals surface area contributed by atoms with Crippen molar-refractivity contribution in [1.82, 2.24) is 0 Å². The molecule has 2 saturated carbocycles. The van der Waals surface area contributed by atoms with Gasteiger partial charge in [0.05, 0.1) is 6.26 Å². The fraction of sp³-hybridized carbons (Fsp3) is 0.667. The molecule has 2 fully saturated rings. The Morgan fingerprint density at radius 2 is 1.94 bits per heavy atom. The highest BCUT2D eigenvalue weighted by Gasteiger charge is 2.78. The molecule has 92 valence electrons. The molecule has 0 aromatic carbocycles. The highest BCUT2D eigenvalue weighted by Crippen LogP contribution is 2.65. The Kier molecular flexibility index (Phi) is 1.89. The van der Waals surface area contributed by atoms with Crippen molar-refractivity contribution in [2.45, 2.75) is 44.0 Å².